The van der Waals surface area contributed by atoms with E-state index in [1.807, 2.05) is 65.2 Å². The molecule has 1 aromatic heterocycles. The van der Waals surface area contributed by atoms with Gasteiger partial charge in [0.25, 0.3) is 5.91 Å². The van der Waals surface area contributed by atoms with Crippen LogP contribution in [0.5, 0.6) is 0 Å². The van der Waals surface area contributed by atoms with Crippen LogP contribution in [0.1, 0.15) is 47.6 Å². The first kappa shape index (κ1) is 22.7. The van der Waals surface area contributed by atoms with Crippen LogP contribution in [0, 0.1) is 0 Å². The van der Waals surface area contributed by atoms with Gasteiger partial charge in [0, 0.05) is 18.7 Å². The number of aryl methyl sites for hydroxylation is 1. The van der Waals surface area contributed by atoms with E-state index in [2.05, 4.69) is 12.2 Å². The minimum Gasteiger partial charge on any atom is -0.392 e. The van der Waals surface area contributed by atoms with Gasteiger partial charge in [0.05, 0.1) is 17.1 Å². The van der Waals surface area contributed by atoms with Gasteiger partial charge in [-0.2, -0.15) is 0 Å². The number of fused-ring (bicyclic) bond motifs is 1. The zero-order valence-electron chi connectivity index (χ0n) is 18.9. The highest BCUT2D eigenvalue weighted by Gasteiger charge is 2.38. The number of nitrogens with one attached hydrogen (secondary N) is 1. The summed E-state index contributed by atoms with van der Waals surface area (Å²) in [6.07, 6.45) is 0.206. The largest absolute Gasteiger partial charge is 0.392 e. The second-order valence-electron chi connectivity index (χ2n) is 8.29. The zero-order chi connectivity index (χ0) is 23.4. The van der Waals surface area contributed by atoms with Gasteiger partial charge in [0.2, 0.25) is 0 Å². The molecule has 33 heavy (non-hydrogen) atoms. The van der Waals surface area contributed by atoms with Crippen molar-refractivity contribution in [3.63, 3.8) is 0 Å². The third-order valence-electron chi connectivity index (χ3n) is 5.72. The van der Waals surface area contributed by atoms with E-state index in [1.165, 1.54) is 0 Å². The van der Waals surface area contributed by atoms with Crippen molar-refractivity contribution >= 4 is 16.9 Å². The number of rotatable bonds is 8. The number of carbonyl (C=O) groups excluding carboxylic acids is 1. The second kappa shape index (κ2) is 9.57. The maximum Gasteiger partial charge on any atom is 0.251 e. The predicted molar refractivity (Wildman–Crippen MR) is 129 cm³/mol. The van der Waals surface area contributed by atoms with Crippen LogP contribution in [0.3, 0.4) is 0 Å². The molecule has 3 aromatic carbocycles. The number of imidazole rings is 1. The van der Waals surface area contributed by atoms with Crippen molar-refractivity contribution in [3.8, 4) is 0 Å². The van der Waals surface area contributed by atoms with E-state index in [0.29, 0.717) is 23.4 Å². The van der Waals surface area contributed by atoms with Crippen LogP contribution in [0.15, 0.2) is 78.9 Å². The Balaban J connectivity index is 1.91. The molecular weight excluding hydrogens is 414 g/mol. The highest BCUT2D eigenvalue weighted by molar-refractivity contribution is 5.97. The van der Waals surface area contributed by atoms with Crippen molar-refractivity contribution in [3.05, 3.63) is 101 Å². The molecule has 170 valence electrons. The maximum absolute atomic E-state index is 12.6. The van der Waals surface area contributed by atoms with E-state index < -0.39 is 11.7 Å². The smallest absolute Gasteiger partial charge is 0.251 e. The topological polar surface area (TPSA) is 87.4 Å². The number of aliphatic hydroxyl groups is 2. The summed E-state index contributed by atoms with van der Waals surface area (Å²) in [5.41, 5.74) is 1.94. The average Bonchev–Trinajstić information content (AvgIpc) is 3.21. The Kier molecular flexibility index (Phi) is 6.58. The predicted octanol–water partition coefficient (Wildman–Crippen LogP) is 3.84. The molecule has 4 rings (SSSR count). The lowest BCUT2D eigenvalue weighted by molar-refractivity contribution is 0.0924. The number of hydrogen-bond acceptors (Lipinski definition) is 4. The Bertz CT molecular complexity index is 1190. The summed E-state index contributed by atoms with van der Waals surface area (Å²) in [6.45, 7) is 4.50. The molecule has 0 spiro atoms. The van der Waals surface area contributed by atoms with Crippen LogP contribution >= 0.6 is 0 Å². The van der Waals surface area contributed by atoms with Gasteiger partial charge in [-0.1, -0.05) is 67.6 Å². The van der Waals surface area contributed by atoms with Crippen molar-refractivity contribution in [2.24, 2.45) is 0 Å². The summed E-state index contributed by atoms with van der Waals surface area (Å²) >= 11 is 0. The number of aliphatic hydroxyl groups excluding tert-OH is 1. The minimum absolute atomic E-state index is 0.179. The molecule has 6 heteroatoms. The standard InChI is InChI=1S/C27H29N3O3/c1-3-16-30-24-17-20(25(32)28-18-19(2)31)14-15-23(24)29-26(30)27(33,21-10-6-4-7-11-21)22-12-8-5-9-13-22/h4-15,17,19,31,33H,3,16,18H2,1-2H3,(H,28,32)/t19-/m1/s1. The molecule has 6 nitrogen and oxygen atoms in total. The van der Waals surface area contributed by atoms with E-state index in [0.717, 1.165) is 23.1 Å². The zero-order valence-corrected chi connectivity index (χ0v) is 18.9. The molecule has 0 saturated heterocycles. The van der Waals surface area contributed by atoms with Crippen LogP contribution < -0.4 is 5.32 Å². The Morgan fingerprint density at radius 3 is 2.18 bits per heavy atom. The summed E-state index contributed by atoms with van der Waals surface area (Å²) < 4.78 is 2.00. The van der Waals surface area contributed by atoms with Crippen LogP contribution in [0.2, 0.25) is 0 Å². The molecule has 0 bridgehead atoms. The summed E-state index contributed by atoms with van der Waals surface area (Å²) in [5, 5.41) is 24.5. The first-order chi connectivity index (χ1) is 15.9. The second-order valence-corrected chi connectivity index (χ2v) is 8.29. The van der Waals surface area contributed by atoms with E-state index >= 15 is 0 Å². The number of carbonyl (C=O) groups is 1. The van der Waals surface area contributed by atoms with E-state index in [-0.39, 0.29) is 12.5 Å². The summed E-state index contributed by atoms with van der Waals surface area (Å²) in [7, 11) is 0. The molecule has 0 aliphatic carbocycles. The minimum atomic E-state index is -1.47. The summed E-state index contributed by atoms with van der Waals surface area (Å²) in [5.74, 6) is 0.253. The summed E-state index contributed by atoms with van der Waals surface area (Å²) in [6, 6.07) is 24.4. The molecule has 0 aliphatic heterocycles. The molecule has 1 amide bonds. The van der Waals surface area contributed by atoms with Crippen LogP contribution in [-0.4, -0.2) is 38.3 Å². The number of hydrogen-bond donors (Lipinski definition) is 3. The number of aromatic nitrogens is 2. The normalized spacial score (nSPS) is 12.6. The first-order valence-corrected chi connectivity index (χ1v) is 11.3. The monoisotopic (exact) mass is 443 g/mol. The van der Waals surface area contributed by atoms with E-state index in [1.54, 1.807) is 25.1 Å². The van der Waals surface area contributed by atoms with E-state index in [4.69, 9.17) is 4.98 Å². The Morgan fingerprint density at radius 2 is 1.64 bits per heavy atom. The maximum atomic E-state index is 12.6. The van der Waals surface area contributed by atoms with Gasteiger partial charge < -0.3 is 20.1 Å². The molecular formula is C27H29N3O3. The fourth-order valence-electron chi connectivity index (χ4n) is 4.12. The van der Waals surface area contributed by atoms with Crippen LogP contribution in [-0.2, 0) is 12.1 Å². The Morgan fingerprint density at radius 1 is 1.03 bits per heavy atom. The van der Waals surface area contributed by atoms with Crippen molar-refractivity contribution in [1.29, 1.82) is 0 Å². The number of benzene rings is 3. The lowest BCUT2D eigenvalue weighted by Crippen LogP contribution is -2.32. The first-order valence-electron chi connectivity index (χ1n) is 11.3. The van der Waals surface area contributed by atoms with Gasteiger partial charge >= 0.3 is 0 Å². The van der Waals surface area contributed by atoms with Gasteiger partial charge in [-0.25, -0.2) is 4.98 Å². The molecule has 0 unspecified atom stereocenters. The van der Waals surface area contributed by atoms with Crippen LogP contribution in [0.25, 0.3) is 11.0 Å². The average molecular weight is 444 g/mol. The number of amides is 1. The van der Waals surface area contributed by atoms with Crippen LogP contribution in [0.4, 0.5) is 0 Å². The SMILES string of the molecule is CCCn1c(C(O)(c2ccccc2)c2ccccc2)nc2ccc(C(=O)NC[C@@H](C)O)cc21. The Hall–Kier alpha value is -3.48. The summed E-state index contributed by atoms with van der Waals surface area (Å²) in [4.78, 5) is 17.5. The third-order valence-corrected chi connectivity index (χ3v) is 5.72. The van der Waals surface area contributed by atoms with Crippen molar-refractivity contribution in [2.45, 2.75) is 38.5 Å². The molecule has 0 fully saturated rings. The highest BCUT2D eigenvalue weighted by Crippen LogP contribution is 2.37. The van der Waals surface area contributed by atoms with Gasteiger partial charge in [-0.05, 0) is 42.7 Å². The molecule has 1 heterocycles. The number of nitrogens with zero attached hydrogens (tertiary/aromatic N) is 2. The van der Waals surface area contributed by atoms with Gasteiger partial charge in [0.15, 0.2) is 11.4 Å². The molecule has 0 radical (unpaired) electrons. The highest BCUT2D eigenvalue weighted by atomic mass is 16.3. The van der Waals surface area contributed by atoms with E-state index in [9.17, 15) is 15.0 Å². The molecule has 1 atom stereocenters. The molecule has 0 aliphatic rings. The lowest BCUT2D eigenvalue weighted by Gasteiger charge is -2.29. The Labute approximate surface area is 193 Å². The third kappa shape index (κ3) is 4.40. The molecule has 4 aromatic rings. The van der Waals surface area contributed by atoms with Crippen molar-refractivity contribution in [2.75, 3.05) is 6.54 Å². The van der Waals surface area contributed by atoms with Crippen molar-refractivity contribution < 1.29 is 15.0 Å². The molecule has 0 saturated carbocycles. The van der Waals surface area contributed by atoms with Crippen molar-refractivity contribution in [1.82, 2.24) is 14.9 Å². The lowest BCUT2D eigenvalue weighted by atomic mass is 9.85. The quantitative estimate of drug-likeness (QED) is 0.386. The van der Waals surface area contributed by atoms with Gasteiger partial charge in [-0.15, -0.1) is 0 Å². The fraction of sp³-hybridized carbons (Fsp3) is 0.259. The molecule has 3 N–H and O–H groups in total. The fourth-order valence-corrected chi connectivity index (χ4v) is 4.12. The van der Waals surface area contributed by atoms with Gasteiger partial charge in [-0.3, -0.25) is 4.79 Å². The van der Waals surface area contributed by atoms with Gasteiger partial charge in [0.1, 0.15) is 0 Å².